The fraction of sp³-hybridized carbons (Fsp3) is 0.429. The van der Waals surface area contributed by atoms with Crippen molar-refractivity contribution in [3.05, 3.63) is 41.4 Å². The van der Waals surface area contributed by atoms with Gasteiger partial charge in [-0.15, -0.1) is 6.58 Å². The standard InChI is InChI=1S/C14H21ClN2/c1-4-8-17(9-5-2)14-7-6-12(11(3)16)10-13(14)15/h4,6-7,10-11H,1,5,8-9,16H2,2-3H3/t11-/m1/s1. The van der Waals surface area contributed by atoms with Gasteiger partial charge in [-0.05, 0) is 31.0 Å². The first-order valence-corrected chi connectivity index (χ1v) is 6.38. The van der Waals surface area contributed by atoms with Crippen LogP contribution in [0.4, 0.5) is 5.69 Å². The number of benzene rings is 1. The van der Waals surface area contributed by atoms with Crippen LogP contribution in [-0.2, 0) is 0 Å². The van der Waals surface area contributed by atoms with Gasteiger partial charge in [-0.25, -0.2) is 0 Å². The van der Waals surface area contributed by atoms with E-state index in [9.17, 15) is 0 Å². The molecule has 0 fully saturated rings. The molecule has 2 nitrogen and oxygen atoms in total. The predicted molar refractivity (Wildman–Crippen MR) is 76.8 cm³/mol. The van der Waals surface area contributed by atoms with Crippen LogP contribution in [0.5, 0.6) is 0 Å². The summed E-state index contributed by atoms with van der Waals surface area (Å²) < 4.78 is 0. The normalized spacial score (nSPS) is 12.2. The van der Waals surface area contributed by atoms with Crippen LogP contribution in [0.3, 0.4) is 0 Å². The Bertz CT molecular complexity index is 374. The van der Waals surface area contributed by atoms with Crippen LogP contribution in [0, 0.1) is 0 Å². The molecule has 1 aromatic rings. The highest BCUT2D eigenvalue weighted by molar-refractivity contribution is 6.33. The second-order valence-electron chi connectivity index (χ2n) is 4.23. The van der Waals surface area contributed by atoms with Crippen molar-refractivity contribution in [2.75, 3.05) is 18.0 Å². The molecule has 0 saturated carbocycles. The largest absolute Gasteiger partial charge is 0.367 e. The SMILES string of the molecule is C=CCN(CCC)c1ccc([C@@H](C)N)cc1Cl. The molecule has 0 aromatic heterocycles. The summed E-state index contributed by atoms with van der Waals surface area (Å²) in [6.45, 7) is 9.68. The van der Waals surface area contributed by atoms with Gasteiger partial charge in [0.25, 0.3) is 0 Å². The molecule has 0 unspecified atom stereocenters. The van der Waals surface area contributed by atoms with Gasteiger partial charge < -0.3 is 10.6 Å². The Balaban J connectivity index is 2.99. The van der Waals surface area contributed by atoms with E-state index in [4.69, 9.17) is 17.3 Å². The monoisotopic (exact) mass is 252 g/mol. The Labute approximate surface area is 109 Å². The molecule has 0 spiro atoms. The first-order chi connectivity index (χ1) is 8.10. The zero-order valence-corrected chi connectivity index (χ0v) is 11.4. The Hall–Kier alpha value is -0.990. The molecule has 0 aliphatic rings. The van der Waals surface area contributed by atoms with Crippen molar-refractivity contribution in [1.29, 1.82) is 0 Å². The second kappa shape index (κ2) is 6.67. The molecule has 94 valence electrons. The topological polar surface area (TPSA) is 29.3 Å². The van der Waals surface area contributed by atoms with Crippen molar-refractivity contribution in [1.82, 2.24) is 0 Å². The zero-order chi connectivity index (χ0) is 12.8. The Kier molecular flexibility index (Phi) is 5.52. The average molecular weight is 253 g/mol. The van der Waals surface area contributed by atoms with E-state index in [2.05, 4.69) is 18.4 Å². The van der Waals surface area contributed by atoms with Crippen LogP contribution in [-0.4, -0.2) is 13.1 Å². The average Bonchev–Trinajstić information content (AvgIpc) is 2.28. The fourth-order valence-corrected chi connectivity index (χ4v) is 2.11. The number of hydrogen-bond acceptors (Lipinski definition) is 2. The van der Waals surface area contributed by atoms with Crippen molar-refractivity contribution < 1.29 is 0 Å². The van der Waals surface area contributed by atoms with E-state index in [1.807, 2.05) is 31.2 Å². The fourth-order valence-electron chi connectivity index (χ4n) is 1.80. The summed E-state index contributed by atoms with van der Waals surface area (Å²) in [6.07, 6.45) is 2.98. The summed E-state index contributed by atoms with van der Waals surface area (Å²) >= 11 is 6.31. The minimum absolute atomic E-state index is 0.0144. The second-order valence-corrected chi connectivity index (χ2v) is 4.64. The van der Waals surface area contributed by atoms with Gasteiger partial charge in [-0.2, -0.15) is 0 Å². The Morgan fingerprint density at radius 2 is 2.24 bits per heavy atom. The summed E-state index contributed by atoms with van der Waals surface area (Å²) in [5.74, 6) is 0. The number of nitrogens with zero attached hydrogens (tertiary/aromatic N) is 1. The molecule has 3 heteroatoms. The highest BCUT2D eigenvalue weighted by Crippen LogP contribution is 2.28. The smallest absolute Gasteiger partial charge is 0.0643 e. The lowest BCUT2D eigenvalue weighted by Crippen LogP contribution is -2.24. The van der Waals surface area contributed by atoms with Crippen LogP contribution in [0.25, 0.3) is 0 Å². The third kappa shape index (κ3) is 3.76. The number of rotatable bonds is 6. The van der Waals surface area contributed by atoms with Crippen molar-refractivity contribution in [2.45, 2.75) is 26.3 Å². The number of nitrogens with two attached hydrogens (primary N) is 1. The van der Waals surface area contributed by atoms with Gasteiger partial charge in [-0.1, -0.05) is 30.7 Å². The predicted octanol–water partition coefficient (Wildman–Crippen LogP) is 3.76. The van der Waals surface area contributed by atoms with E-state index < -0.39 is 0 Å². The van der Waals surface area contributed by atoms with Crippen molar-refractivity contribution in [2.24, 2.45) is 5.73 Å². The van der Waals surface area contributed by atoms with Crippen molar-refractivity contribution in [3.63, 3.8) is 0 Å². The lowest BCUT2D eigenvalue weighted by atomic mass is 10.1. The molecule has 0 heterocycles. The highest BCUT2D eigenvalue weighted by atomic mass is 35.5. The molecule has 0 saturated heterocycles. The third-order valence-electron chi connectivity index (χ3n) is 2.68. The summed E-state index contributed by atoms with van der Waals surface area (Å²) in [4.78, 5) is 2.22. The molecule has 1 aromatic carbocycles. The molecule has 1 atom stereocenters. The highest BCUT2D eigenvalue weighted by Gasteiger charge is 2.10. The minimum atomic E-state index is 0.0144. The van der Waals surface area contributed by atoms with Crippen LogP contribution in [0.15, 0.2) is 30.9 Å². The van der Waals surface area contributed by atoms with Crippen LogP contribution in [0.1, 0.15) is 31.9 Å². The first kappa shape index (κ1) is 14.1. The molecule has 0 bridgehead atoms. The molecular weight excluding hydrogens is 232 g/mol. The minimum Gasteiger partial charge on any atom is -0.367 e. The zero-order valence-electron chi connectivity index (χ0n) is 10.6. The maximum absolute atomic E-state index is 6.31. The Morgan fingerprint density at radius 3 is 2.71 bits per heavy atom. The maximum atomic E-state index is 6.31. The molecule has 0 aliphatic heterocycles. The number of halogens is 1. The first-order valence-electron chi connectivity index (χ1n) is 6.01. The summed E-state index contributed by atoms with van der Waals surface area (Å²) in [6, 6.07) is 6.05. The van der Waals surface area contributed by atoms with E-state index in [1.54, 1.807) is 0 Å². The van der Waals surface area contributed by atoms with Gasteiger partial charge in [0.1, 0.15) is 0 Å². The quantitative estimate of drug-likeness (QED) is 0.781. The van der Waals surface area contributed by atoms with Crippen molar-refractivity contribution >= 4 is 17.3 Å². The molecule has 2 N–H and O–H groups in total. The van der Waals surface area contributed by atoms with Crippen molar-refractivity contribution in [3.8, 4) is 0 Å². The van der Waals surface area contributed by atoms with E-state index in [-0.39, 0.29) is 6.04 Å². The van der Waals surface area contributed by atoms with Gasteiger partial charge in [0.2, 0.25) is 0 Å². The summed E-state index contributed by atoms with van der Waals surface area (Å²) in [5, 5.41) is 0.759. The van der Waals surface area contributed by atoms with E-state index in [0.717, 1.165) is 35.8 Å². The molecular formula is C14H21ClN2. The molecule has 0 radical (unpaired) electrons. The Morgan fingerprint density at radius 1 is 1.53 bits per heavy atom. The van der Waals surface area contributed by atoms with Gasteiger partial charge in [0, 0.05) is 19.1 Å². The molecule has 0 amide bonds. The van der Waals surface area contributed by atoms with Crippen LogP contribution >= 0.6 is 11.6 Å². The summed E-state index contributed by atoms with van der Waals surface area (Å²) in [5.41, 5.74) is 7.95. The molecule has 17 heavy (non-hydrogen) atoms. The number of hydrogen-bond donors (Lipinski definition) is 1. The van der Waals surface area contributed by atoms with Gasteiger partial charge in [-0.3, -0.25) is 0 Å². The van der Waals surface area contributed by atoms with E-state index in [0.29, 0.717) is 0 Å². The molecule has 0 aliphatic carbocycles. The van der Waals surface area contributed by atoms with Gasteiger partial charge >= 0.3 is 0 Å². The van der Waals surface area contributed by atoms with E-state index in [1.165, 1.54) is 0 Å². The van der Waals surface area contributed by atoms with Gasteiger partial charge in [0.05, 0.1) is 10.7 Å². The number of anilines is 1. The van der Waals surface area contributed by atoms with Crippen LogP contribution in [0.2, 0.25) is 5.02 Å². The third-order valence-corrected chi connectivity index (χ3v) is 2.98. The molecule has 1 rings (SSSR count). The maximum Gasteiger partial charge on any atom is 0.0643 e. The lowest BCUT2D eigenvalue weighted by Gasteiger charge is -2.24. The van der Waals surface area contributed by atoms with E-state index >= 15 is 0 Å². The van der Waals surface area contributed by atoms with Crippen LogP contribution < -0.4 is 10.6 Å². The van der Waals surface area contributed by atoms with Gasteiger partial charge in [0.15, 0.2) is 0 Å². The lowest BCUT2D eigenvalue weighted by molar-refractivity contribution is 0.806. The summed E-state index contributed by atoms with van der Waals surface area (Å²) in [7, 11) is 0.